The first-order chi connectivity index (χ1) is 11.3. The summed E-state index contributed by atoms with van der Waals surface area (Å²) in [6.45, 7) is 2.00. The molecule has 2 aromatic rings. The number of nitrogens with zero attached hydrogens (tertiary/aromatic N) is 3. The van der Waals surface area contributed by atoms with Gasteiger partial charge >= 0.3 is 0 Å². The van der Waals surface area contributed by atoms with E-state index in [0.717, 1.165) is 36.7 Å². The van der Waals surface area contributed by atoms with Crippen LogP contribution >= 0.6 is 0 Å². The minimum absolute atomic E-state index is 0.101. The van der Waals surface area contributed by atoms with Crippen molar-refractivity contribution in [3.63, 3.8) is 0 Å². The van der Waals surface area contributed by atoms with E-state index in [0.29, 0.717) is 17.8 Å². The van der Waals surface area contributed by atoms with Crippen molar-refractivity contribution in [1.82, 2.24) is 14.8 Å². The molecule has 4 nitrogen and oxygen atoms in total. The molecule has 3 heterocycles. The highest BCUT2D eigenvalue weighted by molar-refractivity contribution is 6.05. The van der Waals surface area contributed by atoms with Crippen molar-refractivity contribution in [1.29, 1.82) is 0 Å². The summed E-state index contributed by atoms with van der Waals surface area (Å²) in [4.78, 5) is 22.1. The molecule has 2 aliphatic rings. The molecule has 1 aromatic heterocycles. The zero-order chi connectivity index (χ0) is 15.8. The third-order valence-corrected chi connectivity index (χ3v) is 5.47. The molecule has 0 aliphatic carbocycles. The lowest BCUT2D eigenvalue weighted by Crippen LogP contribution is -2.44. The quantitative estimate of drug-likeness (QED) is 0.812. The second kappa shape index (κ2) is 5.93. The number of benzene rings is 1. The Hall–Kier alpha value is -1.94. The Bertz CT molecular complexity index is 724. The average Bonchev–Trinajstić information content (AvgIpc) is 2.93. The number of rotatable bonds is 1. The van der Waals surface area contributed by atoms with Crippen LogP contribution in [0.2, 0.25) is 0 Å². The van der Waals surface area contributed by atoms with Crippen molar-refractivity contribution < 1.29 is 4.79 Å². The molecule has 4 rings (SSSR count). The molecule has 0 unspecified atom stereocenters. The minimum Gasteiger partial charge on any atom is -0.333 e. The number of fused-ring (bicyclic) bond motifs is 2. The molecule has 4 heteroatoms. The summed E-state index contributed by atoms with van der Waals surface area (Å²) in [6, 6.07) is 10.9. The van der Waals surface area contributed by atoms with E-state index in [1.807, 2.05) is 30.3 Å². The fourth-order valence-electron chi connectivity index (χ4n) is 4.26. The molecular formula is C19H23N3O. The van der Waals surface area contributed by atoms with Gasteiger partial charge in [-0.2, -0.15) is 0 Å². The molecule has 120 valence electrons. The molecule has 2 saturated heterocycles. The van der Waals surface area contributed by atoms with Crippen LogP contribution in [0.3, 0.4) is 0 Å². The number of likely N-dealkylation sites (N-methyl/N-ethyl adjacent to an activating group) is 1. The molecule has 2 fully saturated rings. The van der Waals surface area contributed by atoms with Crippen LogP contribution in [-0.4, -0.2) is 52.9 Å². The molecule has 2 aliphatic heterocycles. The number of carbonyl (C=O) groups excluding carboxylic acids is 1. The van der Waals surface area contributed by atoms with E-state index >= 15 is 0 Å². The highest BCUT2D eigenvalue weighted by atomic mass is 16.2. The van der Waals surface area contributed by atoms with Gasteiger partial charge in [-0.3, -0.25) is 9.78 Å². The first-order valence-electron chi connectivity index (χ1n) is 8.60. The molecule has 2 atom stereocenters. The third-order valence-electron chi connectivity index (χ3n) is 5.47. The SMILES string of the molecule is CN1CCCC[C@@H]2[C@H]1CCN2C(=O)c1nccc2ccccc12. The second-order valence-corrected chi connectivity index (χ2v) is 6.78. The molecule has 0 bridgehead atoms. The molecule has 0 spiro atoms. The Kier molecular flexibility index (Phi) is 3.77. The lowest BCUT2D eigenvalue weighted by Gasteiger charge is -2.30. The summed E-state index contributed by atoms with van der Waals surface area (Å²) in [5, 5.41) is 2.05. The van der Waals surface area contributed by atoms with Crippen molar-refractivity contribution in [2.75, 3.05) is 20.1 Å². The van der Waals surface area contributed by atoms with E-state index in [1.165, 1.54) is 12.8 Å². The van der Waals surface area contributed by atoms with Crippen LogP contribution in [0.4, 0.5) is 0 Å². The van der Waals surface area contributed by atoms with Crippen molar-refractivity contribution >= 4 is 16.7 Å². The topological polar surface area (TPSA) is 36.4 Å². The van der Waals surface area contributed by atoms with Gasteiger partial charge in [-0.25, -0.2) is 0 Å². The summed E-state index contributed by atoms with van der Waals surface area (Å²) in [5.41, 5.74) is 0.607. The minimum atomic E-state index is 0.101. The van der Waals surface area contributed by atoms with Crippen molar-refractivity contribution in [2.24, 2.45) is 0 Å². The van der Waals surface area contributed by atoms with Crippen LogP contribution < -0.4 is 0 Å². The van der Waals surface area contributed by atoms with E-state index in [2.05, 4.69) is 21.8 Å². The van der Waals surface area contributed by atoms with Gasteiger partial charge in [-0.05, 0) is 44.3 Å². The molecule has 0 radical (unpaired) electrons. The van der Waals surface area contributed by atoms with Gasteiger partial charge < -0.3 is 9.80 Å². The molecule has 0 N–H and O–H groups in total. The van der Waals surface area contributed by atoms with Gasteiger partial charge in [0.15, 0.2) is 0 Å². The van der Waals surface area contributed by atoms with Gasteiger partial charge in [0.25, 0.3) is 5.91 Å². The molecule has 1 amide bonds. The Balaban J connectivity index is 1.68. The molecule has 1 aromatic carbocycles. The Morgan fingerprint density at radius 1 is 1.09 bits per heavy atom. The van der Waals surface area contributed by atoms with Crippen molar-refractivity contribution in [2.45, 2.75) is 37.8 Å². The van der Waals surface area contributed by atoms with Gasteiger partial charge in [-0.15, -0.1) is 0 Å². The van der Waals surface area contributed by atoms with Gasteiger partial charge in [0.1, 0.15) is 5.69 Å². The van der Waals surface area contributed by atoms with Gasteiger partial charge in [-0.1, -0.05) is 30.7 Å². The predicted octanol–water partition coefficient (Wildman–Crippen LogP) is 2.93. The average molecular weight is 309 g/mol. The largest absolute Gasteiger partial charge is 0.333 e. The normalized spacial score (nSPS) is 25.3. The lowest BCUT2D eigenvalue weighted by molar-refractivity contribution is 0.0696. The van der Waals surface area contributed by atoms with Crippen LogP contribution in [0.5, 0.6) is 0 Å². The van der Waals surface area contributed by atoms with Crippen LogP contribution in [0.25, 0.3) is 10.8 Å². The fraction of sp³-hybridized carbons (Fsp3) is 0.474. The second-order valence-electron chi connectivity index (χ2n) is 6.78. The summed E-state index contributed by atoms with van der Waals surface area (Å²) >= 11 is 0. The van der Waals surface area contributed by atoms with Gasteiger partial charge in [0.05, 0.1) is 0 Å². The maximum atomic E-state index is 13.2. The zero-order valence-corrected chi connectivity index (χ0v) is 13.6. The highest BCUT2D eigenvalue weighted by Crippen LogP contribution is 2.31. The third kappa shape index (κ3) is 2.51. The Morgan fingerprint density at radius 3 is 2.87 bits per heavy atom. The number of likely N-dealkylation sites (tertiary alicyclic amines) is 2. The van der Waals surface area contributed by atoms with E-state index in [9.17, 15) is 4.79 Å². The molecule has 0 saturated carbocycles. The lowest BCUT2D eigenvalue weighted by atomic mass is 10.0. The number of hydrogen-bond acceptors (Lipinski definition) is 3. The van der Waals surface area contributed by atoms with E-state index in [4.69, 9.17) is 0 Å². The summed E-state index contributed by atoms with van der Waals surface area (Å²) in [5.74, 6) is 0.101. The van der Waals surface area contributed by atoms with Gasteiger partial charge in [0, 0.05) is 30.2 Å². The van der Waals surface area contributed by atoms with E-state index in [1.54, 1.807) is 6.20 Å². The summed E-state index contributed by atoms with van der Waals surface area (Å²) in [6.07, 6.45) is 6.39. The van der Waals surface area contributed by atoms with Gasteiger partial charge in [0.2, 0.25) is 0 Å². The number of amides is 1. The standard InChI is InChI=1S/C19H23N3O/c1-21-12-5-4-8-17-16(21)10-13-22(17)19(23)18-15-7-3-2-6-14(15)9-11-20-18/h2-3,6-7,9,11,16-17H,4-5,8,10,12-13H2,1H3/t16-,17-/m1/s1. The van der Waals surface area contributed by atoms with E-state index < -0.39 is 0 Å². The summed E-state index contributed by atoms with van der Waals surface area (Å²) in [7, 11) is 2.20. The Labute approximate surface area is 137 Å². The first-order valence-corrected chi connectivity index (χ1v) is 8.60. The van der Waals surface area contributed by atoms with E-state index in [-0.39, 0.29) is 5.91 Å². The van der Waals surface area contributed by atoms with Crippen LogP contribution in [0, 0.1) is 0 Å². The van der Waals surface area contributed by atoms with Crippen LogP contribution in [0.1, 0.15) is 36.2 Å². The maximum absolute atomic E-state index is 13.2. The highest BCUT2D eigenvalue weighted by Gasteiger charge is 2.40. The van der Waals surface area contributed by atoms with Crippen LogP contribution in [0.15, 0.2) is 36.5 Å². The number of pyridine rings is 1. The monoisotopic (exact) mass is 309 g/mol. The Morgan fingerprint density at radius 2 is 1.96 bits per heavy atom. The fourth-order valence-corrected chi connectivity index (χ4v) is 4.26. The number of aromatic nitrogens is 1. The number of hydrogen-bond donors (Lipinski definition) is 0. The first kappa shape index (κ1) is 14.6. The number of carbonyl (C=O) groups is 1. The van der Waals surface area contributed by atoms with Crippen molar-refractivity contribution in [3.8, 4) is 0 Å². The molecule has 23 heavy (non-hydrogen) atoms. The smallest absolute Gasteiger partial charge is 0.273 e. The zero-order valence-electron chi connectivity index (χ0n) is 13.6. The maximum Gasteiger partial charge on any atom is 0.273 e. The summed E-state index contributed by atoms with van der Waals surface area (Å²) < 4.78 is 0. The van der Waals surface area contributed by atoms with Crippen LogP contribution in [-0.2, 0) is 0 Å². The van der Waals surface area contributed by atoms with Crippen molar-refractivity contribution in [3.05, 3.63) is 42.2 Å². The predicted molar refractivity (Wildman–Crippen MR) is 91.5 cm³/mol. The molecular weight excluding hydrogens is 286 g/mol.